The highest BCUT2D eigenvalue weighted by molar-refractivity contribution is 5.57. The number of nitrogen functional groups attached to an aromatic ring is 1. The first kappa shape index (κ1) is 11.6. The van der Waals surface area contributed by atoms with E-state index < -0.39 is 0 Å². The van der Waals surface area contributed by atoms with Gasteiger partial charge in [-0.05, 0) is 31.4 Å². The predicted molar refractivity (Wildman–Crippen MR) is 74.8 cm³/mol. The number of hydrogen-bond donors (Lipinski definition) is 1. The molecule has 0 atom stereocenters. The molecule has 0 aromatic carbocycles. The average Bonchev–Trinajstić information content (AvgIpc) is 2.57. The van der Waals surface area contributed by atoms with Crippen molar-refractivity contribution in [2.75, 3.05) is 5.73 Å². The summed E-state index contributed by atoms with van der Waals surface area (Å²) in [7, 11) is 0. The van der Waals surface area contributed by atoms with Gasteiger partial charge in [0.15, 0.2) is 0 Å². The van der Waals surface area contributed by atoms with Gasteiger partial charge in [0, 0.05) is 12.1 Å². The lowest BCUT2D eigenvalue weighted by molar-refractivity contribution is 0.582. The van der Waals surface area contributed by atoms with Crippen molar-refractivity contribution in [2.45, 2.75) is 51.4 Å². The number of imidazole rings is 1. The maximum Gasteiger partial charge on any atom is 0.141 e. The van der Waals surface area contributed by atoms with E-state index in [9.17, 15) is 0 Å². The molecule has 0 amide bonds. The maximum absolute atomic E-state index is 6.29. The second-order valence-electron chi connectivity index (χ2n) is 5.46. The molecule has 3 nitrogen and oxygen atoms in total. The van der Waals surface area contributed by atoms with Gasteiger partial charge in [-0.2, -0.15) is 0 Å². The molecular formula is C15H21N3. The maximum atomic E-state index is 6.29. The molecule has 0 aliphatic heterocycles. The Morgan fingerprint density at radius 1 is 1.22 bits per heavy atom. The number of anilines is 1. The minimum atomic E-state index is 0.562. The molecule has 2 aromatic heterocycles. The molecule has 96 valence electrons. The van der Waals surface area contributed by atoms with E-state index >= 15 is 0 Å². The van der Waals surface area contributed by atoms with Crippen LogP contribution in [0.2, 0.25) is 0 Å². The number of rotatable bonds is 1. The number of pyridine rings is 1. The summed E-state index contributed by atoms with van der Waals surface area (Å²) < 4.78 is 2.04. The van der Waals surface area contributed by atoms with Crippen LogP contribution in [0.25, 0.3) is 5.65 Å². The third-order valence-corrected chi connectivity index (χ3v) is 4.15. The van der Waals surface area contributed by atoms with Crippen LogP contribution >= 0.6 is 0 Å². The van der Waals surface area contributed by atoms with Crippen molar-refractivity contribution in [3.05, 3.63) is 29.6 Å². The zero-order valence-electron chi connectivity index (χ0n) is 11.0. The van der Waals surface area contributed by atoms with E-state index in [0.29, 0.717) is 5.92 Å². The van der Waals surface area contributed by atoms with Gasteiger partial charge in [0.2, 0.25) is 0 Å². The molecule has 0 unspecified atom stereocenters. The van der Waals surface area contributed by atoms with Crippen molar-refractivity contribution < 1.29 is 0 Å². The Kier molecular flexibility index (Phi) is 2.98. The third kappa shape index (κ3) is 1.88. The lowest BCUT2D eigenvalue weighted by Gasteiger charge is -2.11. The van der Waals surface area contributed by atoms with Crippen LogP contribution in [0.4, 0.5) is 5.82 Å². The van der Waals surface area contributed by atoms with Crippen LogP contribution in [0.3, 0.4) is 0 Å². The summed E-state index contributed by atoms with van der Waals surface area (Å²) in [5.74, 6) is 1.41. The van der Waals surface area contributed by atoms with Crippen molar-refractivity contribution in [3.63, 3.8) is 0 Å². The van der Waals surface area contributed by atoms with Gasteiger partial charge in [-0.15, -0.1) is 0 Å². The Labute approximate surface area is 108 Å². The highest BCUT2D eigenvalue weighted by Gasteiger charge is 2.21. The summed E-state index contributed by atoms with van der Waals surface area (Å²) in [6.45, 7) is 2.10. The fraction of sp³-hybridized carbons (Fsp3) is 0.533. The standard InChI is InChI=1S/C15H21N3/c1-11-7-6-10-18-14(16)13(17-15(11)18)12-8-4-2-3-5-9-12/h6-7,10,12H,2-5,8-9,16H2,1H3. The second kappa shape index (κ2) is 4.63. The van der Waals surface area contributed by atoms with Crippen LogP contribution in [0, 0.1) is 6.92 Å². The average molecular weight is 243 g/mol. The molecule has 0 bridgehead atoms. The first-order chi connectivity index (χ1) is 8.77. The van der Waals surface area contributed by atoms with E-state index in [1.165, 1.54) is 44.1 Å². The molecule has 1 fully saturated rings. The summed E-state index contributed by atoms with van der Waals surface area (Å²) in [5.41, 5.74) is 9.64. The molecule has 1 saturated carbocycles. The number of hydrogen-bond acceptors (Lipinski definition) is 2. The number of nitrogens with two attached hydrogens (primary N) is 1. The molecule has 0 saturated heterocycles. The van der Waals surface area contributed by atoms with Crippen molar-refractivity contribution in [1.29, 1.82) is 0 Å². The van der Waals surface area contributed by atoms with Gasteiger partial charge < -0.3 is 5.73 Å². The summed E-state index contributed by atoms with van der Waals surface area (Å²) in [6, 6.07) is 4.13. The fourth-order valence-electron chi connectivity index (χ4n) is 3.09. The SMILES string of the molecule is Cc1cccn2c(N)c(C3CCCCCC3)nc12. The Balaban J connectivity index is 2.06. The Morgan fingerprint density at radius 2 is 1.94 bits per heavy atom. The zero-order valence-corrected chi connectivity index (χ0v) is 11.0. The molecule has 3 heteroatoms. The highest BCUT2D eigenvalue weighted by atomic mass is 15.1. The lowest BCUT2D eigenvalue weighted by Crippen LogP contribution is -2.02. The number of aromatic nitrogens is 2. The predicted octanol–water partition coefficient (Wildman–Crippen LogP) is 3.66. The molecule has 18 heavy (non-hydrogen) atoms. The largest absolute Gasteiger partial charge is 0.383 e. The minimum Gasteiger partial charge on any atom is -0.383 e. The molecule has 2 aromatic rings. The van der Waals surface area contributed by atoms with Crippen molar-refractivity contribution in [2.24, 2.45) is 0 Å². The zero-order chi connectivity index (χ0) is 12.5. The molecule has 2 heterocycles. The van der Waals surface area contributed by atoms with Crippen LogP contribution in [0.1, 0.15) is 55.7 Å². The monoisotopic (exact) mass is 243 g/mol. The molecule has 1 aliphatic carbocycles. The highest BCUT2D eigenvalue weighted by Crippen LogP contribution is 2.34. The molecule has 0 spiro atoms. The van der Waals surface area contributed by atoms with E-state index in [1.54, 1.807) is 0 Å². The summed E-state index contributed by atoms with van der Waals surface area (Å²) in [6.07, 6.45) is 9.87. The summed E-state index contributed by atoms with van der Waals surface area (Å²) >= 11 is 0. The number of aryl methyl sites for hydroxylation is 1. The Bertz CT molecular complexity index is 548. The van der Waals surface area contributed by atoms with Crippen LogP contribution in [-0.2, 0) is 0 Å². The van der Waals surface area contributed by atoms with Gasteiger partial charge in [-0.3, -0.25) is 4.40 Å². The number of nitrogens with zero attached hydrogens (tertiary/aromatic N) is 2. The minimum absolute atomic E-state index is 0.562. The first-order valence-corrected chi connectivity index (χ1v) is 7.00. The lowest BCUT2D eigenvalue weighted by atomic mass is 9.97. The van der Waals surface area contributed by atoms with Gasteiger partial charge in [-0.25, -0.2) is 4.98 Å². The van der Waals surface area contributed by atoms with Crippen LogP contribution in [0.5, 0.6) is 0 Å². The fourth-order valence-corrected chi connectivity index (χ4v) is 3.09. The van der Waals surface area contributed by atoms with Crippen molar-refractivity contribution >= 4 is 11.5 Å². The van der Waals surface area contributed by atoms with Gasteiger partial charge in [0.25, 0.3) is 0 Å². The van der Waals surface area contributed by atoms with E-state index in [0.717, 1.165) is 17.2 Å². The smallest absolute Gasteiger partial charge is 0.141 e. The Hall–Kier alpha value is -1.51. The van der Waals surface area contributed by atoms with E-state index in [-0.39, 0.29) is 0 Å². The van der Waals surface area contributed by atoms with E-state index in [1.807, 2.05) is 16.7 Å². The number of fused-ring (bicyclic) bond motifs is 1. The molecule has 2 N–H and O–H groups in total. The van der Waals surface area contributed by atoms with Gasteiger partial charge in [-0.1, -0.05) is 31.7 Å². The van der Waals surface area contributed by atoms with Gasteiger partial charge in [0.05, 0.1) is 5.69 Å². The van der Waals surface area contributed by atoms with Crippen LogP contribution in [-0.4, -0.2) is 9.38 Å². The second-order valence-corrected chi connectivity index (χ2v) is 5.46. The Morgan fingerprint density at radius 3 is 2.61 bits per heavy atom. The van der Waals surface area contributed by atoms with E-state index in [2.05, 4.69) is 13.0 Å². The quantitative estimate of drug-likeness (QED) is 0.777. The topological polar surface area (TPSA) is 43.3 Å². The molecule has 0 radical (unpaired) electrons. The summed E-state index contributed by atoms with van der Waals surface area (Å²) in [4.78, 5) is 4.82. The molecule has 1 aliphatic rings. The summed E-state index contributed by atoms with van der Waals surface area (Å²) in [5, 5.41) is 0. The first-order valence-electron chi connectivity index (χ1n) is 7.00. The molecular weight excluding hydrogens is 222 g/mol. The van der Waals surface area contributed by atoms with Crippen LogP contribution < -0.4 is 5.73 Å². The normalized spacial score (nSPS) is 18.1. The van der Waals surface area contributed by atoms with Crippen LogP contribution in [0.15, 0.2) is 18.3 Å². The molecule has 3 rings (SSSR count). The van der Waals surface area contributed by atoms with E-state index in [4.69, 9.17) is 10.7 Å². The van der Waals surface area contributed by atoms with Gasteiger partial charge in [0.1, 0.15) is 11.5 Å². The third-order valence-electron chi connectivity index (χ3n) is 4.15. The van der Waals surface area contributed by atoms with Crippen molar-refractivity contribution in [1.82, 2.24) is 9.38 Å². The van der Waals surface area contributed by atoms with Crippen molar-refractivity contribution in [3.8, 4) is 0 Å². The van der Waals surface area contributed by atoms with Gasteiger partial charge >= 0.3 is 0 Å².